The maximum atomic E-state index is 12.4. The Kier molecular flexibility index (Phi) is 5.68. The molecule has 3 rings (SSSR count). The summed E-state index contributed by atoms with van der Waals surface area (Å²) in [6.07, 6.45) is 2.84. The van der Waals surface area contributed by atoms with E-state index in [1.54, 1.807) is 0 Å². The van der Waals surface area contributed by atoms with Crippen molar-refractivity contribution in [1.82, 2.24) is 15.1 Å². The molecule has 1 amide bonds. The minimum Gasteiger partial charge on any atom is -0.342 e. The smallest absolute Gasteiger partial charge is 0.226 e. The maximum absolute atomic E-state index is 12.4. The summed E-state index contributed by atoms with van der Waals surface area (Å²) >= 11 is 0. The fraction of sp³-hybridized carbons (Fsp3) is 0.632. The van der Waals surface area contributed by atoms with Crippen LogP contribution in [0.2, 0.25) is 0 Å². The van der Waals surface area contributed by atoms with E-state index in [0.29, 0.717) is 6.42 Å². The summed E-state index contributed by atoms with van der Waals surface area (Å²) in [6, 6.07) is 8.62. The molecule has 0 aliphatic carbocycles. The fourth-order valence-electron chi connectivity index (χ4n) is 3.43. The van der Waals surface area contributed by atoms with E-state index in [1.807, 2.05) is 4.90 Å². The van der Waals surface area contributed by atoms with E-state index in [9.17, 15) is 4.79 Å². The second-order valence-electron chi connectivity index (χ2n) is 7.08. The van der Waals surface area contributed by atoms with Gasteiger partial charge in [-0.2, -0.15) is 0 Å². The molecule has 0 atom stereocenters. The highest BCUT2D eigenvalue weighted by Gasteiger charge is 2.20. The second kappa shape index (κ2) is 7.93. The molecule has 2 saturated heterocycles. The number of piperidine rings is 1. The molecule has 4 heteroatoms. The van der Waals surface area contributed by atoms with Crippen LogP contribution < -0.4 is 5.32 Å². The third-order valence-electron chi connectivity index (χ3n) is 5.13. The van der Waals surface area contributed by atoms with Crippen molar-refractivity contribution in [3.05, 3.63) is 35.4 Å². The van der Waals surface area contributed by atoms with E-state index in [4.69, 9.17) is 0 Å². The summed E-state index contributed by atoms with van der Waals surface area (Å²) in [5.41, 5.74) is 2.48. The molecule has 126 valence electrons. The summed E-state index contributed by atoms with van der Waals surface area (Å²) in [4.78, 5) is 16.9. The van der Waals surface area contributed by atoms with Crippen LogP contribution in [0.3, 0.4) is 0 Å². The normalized spacial score (nSPS) is 20.7. The van der Waals surface area contributed by atoms with Gasteiger partial charge >= 0.3 is 0 Å². The highest BCUT2D eigenvalue weighted by atomic mass is 16.2. The lowest BCUT2D eigenvalue weighted by atomic mass is 9.98. The SMILES string of the molecule is CC1CCN(C(=O)Cc2ccc(CN3CCNCC3)cc2)CC1. The molecule has 0 spiro atoms. The molecule has 2 heterocycles. The van der Waals surface area contributed by atoms with Crippen LogP contribution in [0.25, 0.3) is 0 Å². The van der Waals surface area contributed by atoms with Gasteiger partial charge in [0.1, 0.15) is 0 Å². The molecule has 1 aromatic rings. The molecule has 2 fully saturated rings. The standard InChI is InChI=1S/C19H29N3O/c1-16-6-10-22(11-7-16)19(23)14-17-2-4-18(5-3-17)15-21-12-8-20-9-13-21/h2-5,16,20H,6-15H2,1H3. The van der Waals surface area contributed by atoms with Crippen LogP contribution >= 0.6 is 0 Å². The van der Waals surface area contributed by atoms with E-state index in [-0.39, 0.29) is 5.91 Å². The van der Waals surface area contributed by atoms with Gasteiger partial charge in [-0.05, 0) is 29.9 Å². The van der Waals surface area contributed by atoms with Crippen LogP contribution in [0.15, 0.2) is 24.3 Å². The lowest BCUT2D eigenvalue weighted by molar-refractivity contribution is -0.131. The zero-order chi connectivity index (χ0) is 16.1. The quantitative estimate of drug-likeness (QED) is 0.922. The lowest BCUT2D eigenvalue weighted by Crippen LogP contribution is -2.42. The van der Waals surface area contributed by atoms with Crippen molar-refractivity contribution in [2.75, 3.05) is 39.3 Å². The third kappa shape index (κ3) is 4.79. The first-order valence-electron chi connectivity index (χ1n) is 8.99. The highest BCUT2D eigenvalue weighted by Crippen LogP contribution is 2.17. The van der Waals surface area contributed by atoms with Gasteiger partial charge in [0.2, 0.25) is 5.91 Å². The number of amides is 1. The number of rotatable bonds is 4. The topological polar surface area (TPSA) is 35.6 Å². The maximum Gasteiger partial charge on any atom is 0.226 e. The van der Waals surface area contributed by atoms with Gasteiger partial charge in [0, 0.05) is 45.8 Å². The Labute approximate surface area is 139 Å². The third-order valence-corrected chi connectivity index (χ3v) is 5.13. The predicted molar refractivity (Wildman–Crippen MR) is 93.3 cm³/mol. The first-order chi connectivity index (χ1) is 11.2. The molecule has 4 nitrogen and oxygen atoms in total. The van der Waals surface area contributed by atoms with Crippen molar-refractivity contribution in [2.24, 2.45) is 5.92 Å². The van der Waals surface area contributed by atoms with Gasteiger partial charge in [0.05, 0.1) is 6.42 Å². The molecule has 0 unspecified atom stereocenters. The molecule has 0 bridgehead atoms. The fourth-order valence-corrected chi connectivity index (χ4v) is 3.43. The minimum absolute atomic E-state index is 0.284. The van der Waals surface area contributed by atoms with Gasteiger partial charge in [-0.1, -0.05) is 31.2 Å². The number of hydrogen-bond donors (Lipinski definition) is 1. The predicted octanol–water partition coefficient (Wildman–Crippen LogP) is 1.89. The van der Waals surface area contributed by atoms with Crippen LogP contribution in [-0.4, -0.2) is 55.0 Å². The molecular weight excluding hydrogens is 286 g/mol. The largest absolute Gasteiger partial charge is 0.342 e. The van der Waals surface area contributed by atoms with Crippen molar-refractivity contribution in [1.29, 1.82) is 0 Å². The van der Waals surface area contributed by atoms with E-state index < -0.39 is 0 Å². The van der Waals surface area contributed by atoms with Gasteiger partial charge in [-0.25, -0.2) is 0 Å². The summed E-state index contributed by atoms with van der Waals surface area (Å²) in [5.74, 6) is 1.05. The zero-order valence-corrected chi connectivity index (χ0v) is 14.3. The Hall–Kier alpha value is -1.39. The van der Waals surface area contributed by atoms with Gasteiger partial charge in [0.15, 0.2) is 0 Å². The molecular formula is C19H29N3O. The summed E-state index contributed by atoms with van der Waals surface area (Å²) < 4.78 is 0. The van der Waals surface area contributed by atoms with Gasteiger partial charge in [-0.15, -0.1) is 0 Å². The molecule has 0 aromatic heterocycles. The number of carbonyl (C=O) groups excluding carboxylic acids is 1. The van der Waals surface area contributed by atoms with Crippen LogP contribution in [0.4, 0.5) is 0 Å². The van der Waals surface area contributed by atoms with Crippen molar-refractivity contribution in [2.45, 2.75) is 32.7 Å². The van der Waals surface area contributed by atoms with Crippen LogP contribution in [0, 0.1) is 5.92 Å². The van der Waals surface area contributed by atoms with Crippen LogP contribution in [0.1, 0.15) is 30.9 Å². The van der Waals surface area contributed by atoms with Crippen molar-refractivity contribution < 1.29 is 4.79 Å². The van der Waals surface area contributed by atoms with Gasteiger partial charge in [0.25, 0.3) is 0 Å². The molecule has 0 radical (unpaired) electrons. The molecule has 1 N–H and O–H groups in total. The molecule has 1 aromatic carbocycles. The Balaban J connectivity index is 1.49. The molecule has 2 aliphatic heterocycles. The number of carbonyl (C=O) groups is 1. The van der Waals surface area contributed by atoms with Gasteiger partial charge < -0.3 is 10.2 Å². The van der Waals surface area contributed by atoms with E-state index in [1.165, 1.54) is 5.56 Å². The van der Waals surface area contributed by atoms with Crippen LogP contribution in [0.5, 0.6) is 0 Å². The molecule has 2 aliphatic rings. The Morgan fingerprint density at radius 3 is 2.30 bits per heavy atom. The first kappa shape index (κ1) is 16.5. The van der Waals surface area contributed by atoms with Crippen LogP contribution in [-0.2, 0) is 17.8 Å². The van der Waals surface area contributed by atoms with Gasteiger partial charge in [-0.3, -0.25) is 9.69 Å². The Bertz CT molecular complexity index is 500. The van der Waals surface area contributed by atoms with E-state index in [0.717, 1.165) is 70.1 Å². The first-order valence-corrected chi connectivity index (χ1v) is 8.99. The number of benzene rings is 1. The Morgan fingerprint density at radius 1 is 1.04 bits per heavy atom. The average molecular weight is 315 g/mol. The molecule has 0 saturated carbocycles. The number of likely N-dealkylation sites (tertiary alicyclic amines) is 1. The number of piperazine rings is 1. The minimum atomic E-state index is 0.284. The number of hydrogen-bond acceptors (Lipinski definition) is 3. The monoisotopic (exact) mass is 315 g/mol. The second-order valence-corrected chi connectivity index (χ2v) is 7.08. The summed E-state index contributed by atoms with van der Waals surface area (Å²) in [5, 5.41) is 3.38. The lowest BCUT2D eigenvalue weighted by Gasteiger charge is -2.30. The van der Waals surface area contributed by atoms with E-state index in [2.05, 4.69) is 41.4 Å². The zero-order valence-electron chi connectivity index (χ0n) is 14.3. The average Bonchev–Trinajstić information content (AvgIpc) is 2.58. The number of nitrogens with one attached hydrogen (secondary N) is 1. The van der Waals surface area contributed by atoms with E-state index >= 15 is 0 Å². The highest BCUT2D eigenvalue weighted by molar-refractivity contribution is 5.78. The van der Waals surface area contributed by atoms with Crippen molar-refractivity contribution in [3.63, 3.8) is 0 Å². The number of nitrogens with zero attached hydrogens (tertiary/aromatic N) is 2. The molecule has 23 heavy (non-hydrogen) atoms. The summed E-state index contributed by atoms with van der Waals surface area (Å²) in [7, 11) is 0. The Morgan fingerprint density at radius 2 is 1.65 bits per heavy atom. The van der Waals surface area contributed by atoms with Crippen molar-refractivity contribution >= 4 is 5.91 Å². The van der Waals surface area contributed by atoms with Crippen molar-refractivity contribution in [3.8, 4) is 0 Å². The summed E-state index contributed by atoms with van der Waals surface area (Å²) in [6.45, 7) is 9.56.